The molecule has 5 aliphatic rings. The van der Waals surface area contributed by atoms with E-state index in [1.807, 2.05) is 19.9 Å². The number of carbonyl (C=O) groups is 1. The molecule has 1 saturated heterocycles. The van der Waals surface area contributed by atoms with Crippen molar-refractivity contribution in [3.63, 3.8) is 0 Å². The predicted octanol–water partition coefficient (Wildman–Crippen LogP) is 6.66. The number of likely N-dealkylation sites (tertiary alicyclic amines) is 1. The molecule has 2 heterocycles. The Hall–Kier alpha value is -1.71. The van der Waals surface area contributed by atoms with Gasteiger partial charge in [0.25, 0.3) is 0 Å². The van der Waals surface area contributed by atoms with Gasteiger partial charge in [-0.2, -0.15) is 0 Å². The fraction of sp³-hybridized carbons (Fsp3) is 0.829. The number of carbonyl (C=O) groups excluding carboxylic acids is 1. The Kier molecular flexibility index (Phi) is 9.88. The molecular formula is C35H55N2O8P. The number of fused-ring (bicyclic) bond motifs is 5. The summed E-state index contributed by atoms with van der Waals surface area (Å²) in [5.74, 6) is 1.38. The lowest BCUT2D eigenvalue weighted by Gasteiger charge is -2.63. The van der Waals surface area contributed by atoms with Crippen LogP contribution in [-0.2, 0) is 18.3 Å². The van der Waals surface area contributed by atoms with Crippen molar-refractivity contribution in [1.29, 1.82) is 0 Å². The van der Waals surface area contributed by atoms with Gasteiger partial charge in [0, 0.05) is 30.6 Å². The number of piperidine rings is 1. The highest BCUT2D eigenvalue weighted by molar-refractivity contribution is 7.53. The van der Waals surface area contributed by atoms with Crippen molar-refractivity contribution in [3.05, 3.63) is 34.4 Å². The zero-order valence-corrected chi connectivity index (χ0v) is 29.1. The van der Waals surface area contributed by atoms with Crippen molar-refractivity contribution in [1.82, 2.24) is 10.2 Å². The van der Waals surface area contributed by atoms with E-state index >= 15 is 0 Å². The van der Waals surface area contributed by atoms with Crippen LogP contribution in [0.4, 0.5) is 4.79 Å². The highest BCUT2D eigenvalue weighted by Gasteiger charge is 2.67. The molecule has 1 aliphatic heterocycles. The van der Waals surface area contributed by atoms with Crippen LogP contribution >= 0.6 is 7.60 Å². The van der Waals surface area contributed by atoms with Crippen LogP contribution in [0, 0.1) is 28.6 Å². The highest BCUT2D eigenvalue weighted by atomic mass is 31.2. The van der Waals surface area contributed by atoms with Crippen LogP contribution in [0.3, 0.4) is 0 Å². The van der Waals surface area contributed by atoms with E-state index in [2.05, 4.69) is 24.1 Å². The van der Waals surface area contributed by atoms with E-state index in [0.29, 0.717) is 25.0 Å². The fourth-order valence-corrected chi connectivity index (χ4v) is 12.5. The molecule has 11 heteroatoms. The molecule has 0 radical (unpaired) electrons. The number of nitrogens with one attached hydrogen (secondary N) is 1. The van der Waals surface area contributed by atoms with Crippen molar-refractivity contribution in [2.75, 3.05) is 32.6 Å². The zero-order valence-electron chi connectivity index (χ0n) is 28.2. The molecule has 4 saturated carbocycles. The summed E-state index contributed by atoms with van der Waals surface area (Å²) in [6.45, 7) is 10.5. The van der Waals surface area contributed by atoms with Gasteiger partial charge in [0.15, 0.2) is 0 Å². The minimum absolute atomic E-state index is 0.0334. The quantitative estimate of drug-likeness (QED) is 0.279. The predicted molar refractivity (Wildman–Crippen MR) is 175 cm³/mol. The lowest BCUT2D eigenvalue weighted by Crippen LogP contribution is -2.62. The van der Waals surface area contributed by atoms with Crippen LogP contribution in [0.15, 0.2) is 27.6 Å². The van der Waals surface area contributed by atoms with E-state index in [-0.39, 0.29) is 52.8 Å². The molecule has 0 aromatic carbocycles. The summed E-state index contributed by atoms with van der Waals surface area (Å²) in [7, 11) is -3.13. The molecule has 1 amide bonds. The van der Waals surface area contributed by atoms with Crippen molar-refractivity contribution < 1.29 is 32.7 Å². The van der Waals surface area contributed by atoms with Gasteiger partial charge in [0.1, 0.15) is 12.4 Å². The maximum Gasteiger partial charge on any atom is 0.407 e. The second-order valence-corrected chi connectivity index (χ2v) is 17.3. The molecule has 1 aromatic heterocycles. The zero-order chi connectivity index (χ0) is 32.7. The number of ether oxygens (including phenoxy) is 1. The molecule has 10 nitrogen and oxygen atoms in total. The van der Waals surface area contributed by atoms with Gasteiger partial charge in [-0.15, -0.1) is 0 Å². The third-order valence-corrected chi connectivity index (χ3v) is 15.2. The van der Waals surface area contributed by atoms with Crippen LogP contribution in [0.1, 0.15) is 110 Å². The minimum atomic E-state index is -3.13. The van der Waals surface area contributed by atoms with Gasteiger partial charge < -0.3 is 28.6 Å². The average molecular weight is 663 g/mol. The SMILES string of the molecule is CCOP(=O)(CN1CCC(NC(=O)O[C@H]2CC[C@@]3(C)[C@H](CC[C@@H]4[C@@H]3CC[C@]3(C)[C@@H](c5ccc(=O)oc5)CC[C@]43O)C2)CC1)OCC. The molecule has 258 valence electrons. The van der Waals surface area contributed by atoms with E-state index in [0.717, 1.165) is 89.3 Å². The third kappa shape index (κ3) is 6.26. The Morgan fingerprint density at radius 3 is 2.41 bits per heavy atom. The molecule has 2 N–H and O–H groups in total. The lowest BCUT2D eigenvalue weighted by molar-refractivity contribution is -0.205. The minimum Gasteiger partial charge on any atom is -0.446 e. The molecule has 4 aliphatic carbocycles. The van der Waals surface area contributed by atoms with Gasteiger partial charge in [0.2, 0.25) is 0 Å². The van der Waals surface area contributed by atoms with E-state index < -0.39 is 13.2 Å². The Bertz CT molecular complexity index is 1320. The highest BCUT2D eigenvalue weighted by Crippen LogP contribution is 2.70. The van der Waals surface area contributed by atoms with Gasteiger partial charge in [0.05, 0.1) is 25.1 Å². The van der Waals surface area contributed by atoms with E-state index in [9.17, 15) is 19.3 Å². The lowest BCUT2D eigenvalue weighted by atomic mass is 9.43. The molecule has 8 atom stereocenters. The Labute approximate surface area is 273 Å². The summed E-state index contributed by atoms with van der Waals surface area (Å²) in [4.78, 5) is 26.7. The second-order valence-electron chi connectivity index (χ2n) is 15.3. The summed E-state index contributed by atoms with van der Waals surface area (Å²) in [6, 6.07) is 3.43. The number of rotatable bonds is 9. The van der Waals surface area contributed by atoms with Gasteiger partial charge in [-0.25, -0.2) is 9.59 Å². The van der Waals surface area contributed by atoms with E-state index in [1.165, 1.54) is 6.07 Å². The number of alkyl carbamates (subject to hydrolysis) is 1. The van der Waals surface area contributed by atoms with Crippen molar-refractivity contribution in [2.24, 2.45) is 28.6 Å². The molecule has 6 rings (SSSR count). The van der Waals surface area contributed by atoms with Crippen LogP contribution in [0.25, 0.3) is 0 Å². The second kappa shape index (κ2) is 13.3. The average Bonchev–Trinajstić information content (AvgIpc) is 3.30. The number of amides is 1. The van der Waals surface area contributed by atoms with Crippen LogP contribution in [0.5, 0.6) is 0 Å². The van der Waals surface area contributed by atoms with Crippen LogP contribution in [-0.4, -0.2) is 66.4 Å². The third-order valence-electron chi connectivity index (χ3n) is 13.1. The van der Waals surface area contributed by atoms with E-state index in [4.69, 9.17) is 18.2 Å². The van der Waals surface area contributed by atoms with Crippen molar-refractivity contribution >= 4 is 13.7 Å². The summed E-state index contributed by atoms with van der Waals surface area (Å²) in [6.07, 6.45) is 11.6. The first kappa shape index (κ1) is 34.2. The number of aliphatic hydroxyl groups is 1. The monoisotopic (exact) mass is 662 g/mol. The maximum atomic E-state index is 13.0. The van der Waals surface area contributed by atoms with E-state index in [1.54, 1.807) is 6.26 Å². The standard InChI is InChI=1S/C35H55N2O8P/c1-5-43-46(41,44-6-2)23-37-19-14-26(15-20-37)36-32(39)45-27-11-16-33(3)25(21-27)8-9-30-29(33)12-17-34(4)28(13-18-35(30,34)40)24-7-10-31(38)42-22-24/h7,10,22,25-30,40H,5-6,8-9,11-21,23H2,1-4H3,(H,36,39)/t25-,27+,28-,29+,30-,33+,34-,35+/m1/s1. The summed E-state index contributed by atoms with van der Waals surface area (Å²) in [5, 5.41) is 15.6. The Balaban J connectivity index is 1.01. The largest absolute Gasteiger partial charge is 0.446 e. The van der Waals surface area contributed by atoms with Crippen molar-refractivity contribution in [3.8, 4) is 0 Å². The van der Waals surface area contributed by atoms with Crippen LogP contribution < -0.4 is 10.9 Å². The Morgan fingerprint density at radius 2 is 1.74 bits per heavy atom. The first-order valence-corrected chi connectivity index (χ1v) is 19.5. The molecule has 46 heavy (non-hydrogen) atoms. The molecule has 0 spiro atoms. The first-order chi connectivity index (χ1) is 21.9. The van der Waals surface area contributed by atoms with Gasteiger partial charge in [-0.05, 0) is 125 Å². The van der Waals surface area contributed by atoms with Gasteiger partial charge >= 0.3 is 19.3 Å². The summed E-state index contributed by atoms with van der Waals surface area (Å²) >= 11 is 0. The van der Waals surface area contributed by atoms with Crippen molar-refractivity contribution in [2.45, 2.75) is 122 Å². The normalized spacial score (nSPS) is 38.4. The van der Waals surface area contributed by atoms with Gasteiger partial charge in [-0.1, -0.05) is 13.8 Å². The smallest absolute Gasteiger partial charge is 0.407 e. The first-order valence-electron chi connectivity index (χ1n) is 17.8. The maximum absolute atomic E-state index is 13.0. The fourth-order valence-electron chi connectivity index (χ4n) is 10.7. The number of hydrogen-bond donors (Lipinski definition) is 2. The van der Waals surface area contributed by atoms with Crippen LogP contribution in [0.2, 0.25) is 0 Å². The summed E-state index contributed by atoms with van der Waals surface area (Å²) in [5.41, 5.74) is -0.135. The molecule has 5 fully saturated rings. The molecule has 1 aromatic rings. The van der Waals surface area contributed by atoms with Gasteiger partial charge in [-0.3, -0.25) is 9.46 Å². The Morgan fingerprint density at radius 1 is 1.00 bits per heavy atom. The topological polar surface area (TPSA) is 128 Å². The number of hydrogen-bond acceptors (Lipinski definition) is 9. The molecule has 0 bridgehead atoms. The number of nitrogens with zero attached hydrogens (tertiary/aromatic N) is 1. The summed E-state index contributed by atoms with van der Waals surface area (Å²) < 4.78 is 35.1. The molecular weight excluding hydrogens is 607 g/mol. The molecule has 0 unspecified atom stereocenters.